The fraction of sp³-hybridized carbons (Fsp3) is 0.571. The average molecular weight is 329 g/mol. The number of benzene rings is 1. The van der Waals surface area contributed by atoms with Crippen molar-refractivity contribution in [3.05, 3.63) is 35.5 Å². The Morgan fingerprint density at radius 1 is 0.958 bits per heavy atom. The summed E-state index contributed by atoms with van der Waals surface area (Å²) in [4.78, 5) is 14.2. The fourth-order valence-corrected chi connectivity index (χ4v) is 3.41. The summed E-state index contributed by atoms with van der Waals surface area (Å²) in [6, 6.07) is 8.62. The maximum absolute atomic E-state index is 10.5. The van der Waals surface area contributed by atoms with Gasteiger partial charge in [0.15, 0.2) is 0 Å². The second kappa shape index (κ2) is 10.2. The molecule has 0 radical (unpaired) electrons. The molecule has 0 saturated heterocycles. The molecule has 0 atom stereocenters. The molecule has 0 aliphatic heterocycles. The van der Waals surface area contributed by atoms with E-state index in [1.165, 1.54) is 54.3 Å². The lowest BCUT2D eigenvalue weighted by atomic mass is 10.00. The number of unbranched alkanes of at least 4 members (excludes halogenated alkanes) is 6. The van der Waals surface area contributed by atoms with Crippen molar-refractivity contribution in [2.75, 3.05) is 0 Å². The Balaban J connectivity index is 1.91. The standard InChI is InChI=1S/C21H31NO2/c1-2-3-4-7-12-17-18-13-10-11-15-20(18)22-19(17)14-8-5-6-9-16-21(23)24/h10-11,13,15,22H,2-9,12,14,16H2,1H3,(H,23,24). The normalized spacial score (nSPS) is 11.2. The first kappa shape index (κ1) is 18.6. The zero-order valence-electron chi connectivity index (χ0n) is 14.9. The number of carbonyl (C=O) groups is 1. The Morgan fingerprint density at radius 3 is 2.46 bits per heavy atom. The van der Waals surface area contributed by atoms with E-state index in [4.69, 9.17) is 5.11 Å². The van der Waals surface area contributed by atoms with Gasteiger partial charge >= 0.3 is 5.97 Å². The third kappa shape index (κ3) is 5.70. The van der Waals surface area contributed by atoms with E-state index in [0.717, 1.165) is 32.1 Å². The molecule has 0 bridgehead atoms. The van der Waals surface area contributed by atoms with Crippen molar-refractivity contribution in [3.8, 4) is 0 Å². The van der Waals surface area contributed by atoms with E-state index in [2.05, 4.69) is 36.2 Å². The number of aromatic amines is 1. The summed E-state index contributed by atoms with van der Waals surface area (Å²) in [6.45, 7) is 2.25. The minimum atomic E-state index is -0.681. The van der Waals surface area contributed by atoms with E-state index in [9.17, 15) is 4.79 Å². The van der Waals surface area contributed by atoms with Crippen LogP contribution >= 0.6 is 0 Å². The van der Waals surface area contributed by atoms with E-state index in [1.807, 2.05) is 0 Å². The number of aliphatic carboxylic acids is 1. The number of carboxylic acids is 1. The Bertz CT molecular complexity index is 630. The molecule has 3 heteroatoms. The first-order valence-corrected chi connectivity index (χ1v) is 9.52. The molecule has 1 heterocycles. The summed E-state index contributed by atoms with van der Waals surface area (Å²) in [7, 11) is 0. The fourth-order valence-electron chi connectivity index (χ4n) is 3.41. The quantitative estimate of drug-likeness (QED) is 0.479. The zero-order valence-corrected chi connectivity index (χ0v) is 14.9. The predicted octanol–water partition coefficient (Wildman–Crippen LogP) is 5.87. The van der Waals surface area contributed by atoms with Crippen molar-refractivity contribution in [2.45, 2.75) is 77.6 Å². The second-order valence-corrected chi connectivity index (χ2v) is 6.75. The number of hydrogen-bond donors (Lipinski definition) is 2. The van der Waals surface area contributed by atoms with Crippen molar-refractivity contribution < 1.29 is 9.90 Å². The number of hydrogen-bond acceptors (Lipinski definition) is 1. The average Bonchev–Trinajstić information content (AvgIpc) is 2.92. The summed E-state index contributed by atoms with van der Waals surface area (Å²) >= 11 is 0. The van der Waals surface area contributed by atoms with Gasteiger partial charge in [0.2, 0.25) is 0 Å². The number of rotatable bonds is 12. The largest absolute Gasteiger partial charge is 0.481 e. The van der Waals surface area contributed by atoms with Gasteiger partial charge in [-0.1, -0.05) is 57.2 Å². The van der Waals surface area contributed by atoms with Crippen LogP contribution in [0.15, 0.2) is 24.3 Å². The van der Waals surface area contributed by atoms with E-state index in [0.29, 0.717) is 6.42 Å². The van der Waals surface area contributed by atoms with E-state index >= 15 is 0 Å². The Hall–Kier alpha value is -1.77. The Morgan fingerprint density at radius 2 is 1.67 bits per heavy atom. The number of fused-ring (bicyclic) bond motifs is 1. The van der Waals surface area contributed by atoms with Crippen LogP contribution in [0.1, 0.15) is 76.0 Å². The van der Waals surface area contributed by atoms with Crippen LogP contribution in [0, 0.1) is 0 Å². The molecule has 0 unspecified atom stereocenters. The molecule has 132 valence electrons. The van der Waals surface area contributed by atoms with Crippen LogP contribution in [0.3, 0.4) is 0 Å². The monoisotopic (exact) mass is 329 g/mol. The molecule has 2 rings (SSSR count). The molecule has 24 heavy (non-hydrogen) atoms. The second-order valence-electron chi connectivity index (χ2n) is 6.75. The molecule has 0 amide bonds. The van der Waals surface area contributed by atoms with Gasteiger partial charge in [-0.15, -0.1) is 0 Å². The minimum Gasteiger partial charge on any atom is -0.481 e. The Labute approximate surface area is 145 Å². The molecular formula is C21H31NO2. The van der Waals surface area contributed by atoms with Crippen molar-refractivity contribution >= 4 is 16.9 Å². The number of nitrogens with one attached hydrogen (secondary N) is 1. The van der Waals surface area contributed by atoms with Gasteiger partial charge in [-0.3, -0.25) is 4.79 Å². The van der Waals surface area contributed by atoms with Crippen LogP contribution in [0.4, 0.5) is 0 Å². The molecule has 0 spiro atoms. The molecule has 0 aliphatic carbocycles. The summed E-state index contributed by atoms with van der Waals surface area (Å²) < 4.78 is 0. The molecule has 2 aromatic rings. The van der Waals surface area contributed by atoms with Gasteiger partial charge in [0.25, 0.3) is 0 Å². The van der Waals surface area contributed by atoms with Crippen LogP contribution < -0.4 is 0 Å². The highest BCUT2D eigenvalue weighted by atomic mass is 16.4. The molecule has 1 aromatic carbocycles. The van der Waals surface area contributed by atoms with Crippen molar-refractivity contribution in [2.24, 2.45) is 0 Å². The van der Waals surface area contributed by atoms with Gasteiger partial charge in [-0.25, -0.2) is 0 Å². The first-order valence-electron chi connectivity index (χ1n) is 9.52. The predicted molar refractivity (Wildman–Crippen MR) is 101 cm³/mol. The van der Waals surface area contributed by atoms with E-state index in [-0.39, 0.29) is 0 Å². The highest BCUT2D eigenvalue weighted by molar-refractivity contribution is 5.84. The molecule has 1 aromatic heterocycles. The maximum Gasteiger partial charge on any atom is 0.303 e. The summed E-state index contributed by atoms with van der Waals surface area (Å²) in [6.07, 6.45) is 11.8. The zero-order chi connectivity index (χ0) is 17.2. The lowest BCUT2D eigenvalue weighted by Gasteiger charge is -2.05. The summed E-state index contributed by atoms with van der Waals surface area (Å²) in [5, 5.41) is 10.1. The maximum atomic E-state index is 10.5. The summed E-state index contributed by atoms with van der Waals surface area (Å²) in [5.74, 6) is -0.681. The van der Waals surface area contributed by atoms with Gasteiger partial charge in [-0.05, 0) is 43.7 Å². The van der Waals surface area contributed by atoms with Gasteiger partial charge in [0.1, 0.15) is 0 Å². The van der Waals surface area contributed by atoms with E-state index in [1.54, 1.807) is 0 Å². The SMILES string of the molecule is CCCCCCc1c(CCCCCCC(=O)O)[nH]c2ccccc12. The molecule has 2 N–H and O–H groups in total. The topological polar surface area (TPSA) is 53.1 Å². The minimum absolute atomic E-state index is 0.301. The van der Waals surface area contributed by atoms with Gasteiger partial charge in [0.05, 0.1) is 0 Å². The van der Waals surface area contributed by atoms with Crippen molar-refractivity contribution in [1.29, 1.82) is 0 Å². The third-order valence-corrected chi connectivity index (χ3v) is 4.75. The lowest BCUT2D eigenvalue weighted by Crippen LogP contribution is -1.95. The van der Waals surface area contributed by atoms with Gasteiger partial charge in [-0.2, -0.15) is 0 Å². The van der Waals surface area contributed by atoms with E-state index < -0.39 is 5.97 Å². The van der Waals surface area contributed by atoms with Crippen LogP contribution in [-0.4, -0.2) is 16.1 Å². The number of para-hydroxylation sites is 1. The molecular weight excluding hydrogens is 298 g/mol. The first-order chi connectivity index (χ1) is 11.7. The number of carboxylic acid groups (broad SMARTS) is 1. The van der Waals surface area contributed by atoms with Crippen LogP contribution in [-0.2, 0) is 17.6 Å². The number of H-pyrrole nitrogens is 1. The highest BCUT2D eigenvalue weighted by Gasteiger charge is 2.10. The summed E-state index contributed by atoms with van der Waals surface area (Å²) in [5.41, 5.74) is 4.15. The molecule has 3 nitrogen and oxygen atoms in total. The Kier molecular flexibility index (Phi) is 7.87. The smallest absolute Gasteiger partial charge is 0.303 e. The van der Waals surface area contributed by atoms with Crippen LogP contribution in [0.25, 0.3) is 10.9 Å². The molecule has 0 saturated carbocycles. The number of aromatic nitrogens is 1. The van der Waals surface area contributed by atoms with Crippen molar-refractivity contribution in [1.82, 2.24) is 4.98 Å². The molecule has 0 fully saturated rings. The number of aryl methyl sites for hydroxylation is 2. The van der Waals surface area contributed by atoms with Crippen LogP contribution in [0.5, 0.6) is 0 Å². The highest BCUT2D eigenvalue weighted by Crippen LogP contribution is 2.26. The molecule has 0 aliphatic rings. The van der Waals surface area contributed by atoms with Gasteiger partial charge < -0.3 is 10.1 Å². The van der Waals surface area contributed by atoms with Crippen molar-refractivity contribution in [3.63, 3.8) is 0 Å². The lowest BCUT2D eigenvalue weighted by molar-refractivity contribution is -0.137. The van der Waals surface area contributed by atoms with Crippen LogP contribution in [0.2, 0.25) is 0 Å². The third-order valence-electron chi connectivity index (χ3n) is 4.75. The van der Waals surface area contributed by atoms with Gasteiger partial charge in [0, 0.05) is 23.0 Å².